The van der Waals surface area contributed by atoms with Gasteiger partial charge in [-0.3, -0.25) is 0 Å². The Balaban J connectivity index is 1.82. The molecule has 1 aromatic rings. The molecule has 1 aliphatic heterocycles. The molecule has 1 aromatic carbocycles. The van der Waals surface area contributed by atoms with Crippen molar-refractivity contribution < 1.29 is 12.8 Å². The van der Waals surface area contributed by atoms with Crippen molar-refractivity contribution >= 4 is 25.8 Å². The first-order chi connectivity index (χ1) is 8.46. The first-order valence-electron chi connectivity index (χ1n) is 5.81. The zero-order valence-corrected chi connectivity index (χ0v) is 12.2. The van der Waals surface area contributed by atoms with Gasteiger partial charge < -0.3 is 5.32 Å². The number of sulfone groups is 1. The lowest BCUT2D eigenvalue weighted by molar-refractivity contribution is 0.510. The molecular weight excluding hydrogens is 321 g/mol. The summed E-state index contributed by atoms with van der Waals surface area (Å²) in [4.78, 5) is 0. The lowest BCUT2D eigenvalue weighted by Crippen LogP contribution is -2.23. The highest BCUT2D eigenvalue weighted by atomic mass is 79.9. The maximum absolute atomic E-state index is 13.5. The second-order valence-corrected chi connectivity index (χ2v) is 7.78. The standard InChI is InChI=1S/C12H15BrFNO2S/c13-11-2-1-10(12(14)5-11)7-15-6-9-3-4-18(16,17)8-9/h1-2,5,9,15H,3-4,6-8H2. The predicted octanol–water partition coefficient (Wildman–Crippen LogP) is 2.11. The number of hydrogen-bond acceptors (Lipinski definition) is 3. The number of benzene rings is 1. The van der Waals surface area contributed by atoms with Crippen LogP contribution in [0.1, 0.15) is 12.0 Å². The monoisotopic (exact) mass is 335 g/mol. The largest absolute Gasteiger partial charge is 0.312 e. The molecule has 1 N–H and O–H groups in total. The number of nitrogens with one attached hydrogen (secondary N) is 1. The number of rotatable bonds is 4. The minimum atomic E-state index is -2.82. The SMILES string of the molecule is O=S1(=O)CCC(CNCc2ccc(Br)cc2F)C1. The molecule has 2 rings (SSSR count). The van der Waals surface area contributed by atoms with E-state index in [1.54, 1.807) is 12.1 Å². The molecule has 0 bridgehead atoms. The molecule has 6 heteroatoms. The molecule has 1 saturated heterocycles. The van der Waals surface area contributed by atoms with Gasteiger partial charge in [0.1, 0.15) is 5.82 Å². The molecule has 0 saturated carbocycles. The fraction of sp³-hybridized carbons (Fsp3) is 0.500. The highest BCUT2D eigenvalue weighted by Crippen LogP contribution is 2.18. The van der Waals surface area contributed by atoms with Crippen LogP contribution in [0.4, 0.5) is 4.39 Å². The van der Waals surface area contributed by atoms with Gasteiger partial charge in [0.15, 0.2) is 9.84 Å². The van der Waals surface area contributed by atoms with Gasteiger partial charge in [-0.2, -0.15) is 0 Å². The summed E-state index contributed by atoms with van der Waals surface area (Å²) < 4.78 is 36.8. The Morgan fingerprint density at radius 3 is 2.83 bits per heavy atom. The molecule has 0 aromatic heterocycles. The quantitative estimate of drug-likeness (QED) is 0.916. The van der Waals surface area contributed by atoms with E-state index in [9.17, 15) is 12.8 Å². The molecule has 100 valence electrons. The van der Waals surface area contributed by atoms with Gasteiger partial charge in [-0.25, -0.2) is 12.8 Å². The fourth-order valence-corrected chi connectivity index (χ4v) is 4.30. The Kier molecular flexibility index (Phi) is 4.40. The van der Waals surface area contributed by atoms with E-state index in [0.717, 1.165) is 0 Å². The van der Waals surface area contributed by atoms with Gasteiger partial charge in [0.2, 0.25) is 0 Å². The highest BCUT2D eigenvalue weighted by Gasteiger charge is 2.27. The molecule has 0 radical (unpaired) electrons. The van der Waals surface area contributed by atoms with E-state index in [1.807, 2.05) is 0 Å². The maximum Gasteiger partial charge on any atom is 0.150 e. The van der Waals surface area contributed by atoms with E-state index in [-0.39, 0.29) is 23.2 Å². The first-order valence-corrected chi connectivity index (χ1v) is 8.43. The Morgan fingerprint density at radius 1 is 1.44 bits per heavy atom. The van der Waals surface area contributed by atoms with E-state index in [2.05, 4.69) is 21.2 Å². The van der Waals surface area contributed by atoms with Crippen LogP contribution >= 0.6 is 15.9 Å². The molecule has 0 spiro atoms. The molecule has 1 fully saturated rings. The zero-order chi connectivity index (χ0) is 13.2. The predicted molar refractivity (Wildman–Crippen MR) is 72.6 cm³/mol. The summed E-state index contributed by atoms with van der Waals surface area (Å²) in [6, 6.07) is 4.94. The highest BCUT2D eigenvalue weighted by molar-refractivity contribution is 9.10. The fourth-order valence-electron chi connectivity index (χ4n) is 2.11. The van der Waals surface area contributed by atoms with Crippen LogP contribution in [0.5, 0.6) is 0 Å². The van der Waals surface area contributed by atoms with Crippen LogP contribution < -0.4 is 5.32 Å². The van der Waals surface area contributed by atoms with E-state index in [1.165, 1.54) is 6.07 Å². The van der Waals surface area contributed by atoms with E-state index < -0.39 is 9.84 Å². The third-order valence-corrected chi connectivity index (χ3v) is 5.42. The molecule has 18 heavy (non-hydrogen) atoms. The Hall–Kier alpha value is -0.460. The van der Waals surface area contributed by atoms with Crippen molar-refractivity contribution in [2.45, 2.75) is 13.0 Å². The normalized spacial score (nSPS) is 22.2. The molecule has 3 nitrogen and oxygen atoms in total. The average Bonchev–Trinajstić information content (AvgIpc) is 2.61. The lowest BCUT2D eigenvalue weighted by Gasteiger charge is -2.10. The van der Waals surface area contributed by atoms with Crippen LogP contribution in [0.15, 0.2) is 22.7 Å². The van der Waals surface area contributed by atoms with E-state index in [4.69, 9.17) is 0 Å². The summed E-state index contributed by atoms with van der Waals surface area (Å²) in [5.41, 5.74) is 0.596. The van der Waals surface area contributed by atoms with Crippen LogP contribution in [0.2, 0.25) is 0 Å². The molecule has 1 aliphatic rings. The van der Waals surface area contributed by atoms with Gasteiger partial charge in [0.05, 0.1) is 11.5 Å². The Morgan fingerprint density at radius 2 is 2.22 bits per heavy atom. The lowest BCUT2D eigenvalue weighted by atomic mass is 10.1. The molecule has 0 amide bonds. The minimum Gasteiger partial charge on any atom is -0.312 e. The number of hydrogen-bond donors (Lipinski definition) is 1. The van der Waals surface area contributed by atoms with Crippen molar-refractivity contribution in [3.05, 3.63) is 34.1 Å². The smallest absolute Gasteiger partial charge is 0.150 e. The summed E-state index contributed by atoms with van der Waals surface area (Å²) in [7, 11) is -2.82. The Labute approximate surface area is 115 Å². The molecule has 1 atom stereocenters. The van der Waals surface area contributed by atoms with Crippen molar-refractivity contribution in [3.63, 3.8) is 0 Å². The summed E-state index contributed by atoms with van der Waals surface area (Å²) in [6.07, 6.45) is 0.707. The summed E-state index contributed by atoms with van der Waals surface area (Å²) in [5, 5.41) is 3.12. The second kappa shape index (κ2) is 5.67. The van der Waals surface area contributed by atoms with E-state index in [0.29, 0.717) is 29.5 Å². The zero-order valence-electron chi connectivity index (χ0n) is 9.83. The van der Waals surface area contributed by atoms with Crippen LogP contribution in [-0.2, 0) is 16.4 Å². The minimum absolute atomic E-state index is 0.161. The van der Waals surface area contributed by atoms with Gasteiger partial charge >= 0.3 is 0 Å². The van der Waals surface area contributed by atoms with Crippen LogP contribution in [0.25, 0.3) is 0 Å². The third-order valence-electron chi connectivity index (χ3n) is 3.09. The topological polar surface area (TPSA) is 46.2 Å². The second-order valence-electron chi connectivity index (χ2n) is 4.64. The van der Waals surface area contributed by atoms with Crippen molar-refractivity contribution in [1.29, 1.82) is 0 Å². The van der Waals surface area contributed by atoms with Crippen molar-refractivity contribution in [2.75, 3.05) is 18.1 Å². The first kappa shape index (κ1) is 14.0. The molecular formula is C12H15BrFNO2S. The maximum atomic E-state index is 13.5. The van der Waals surface area contributed by atoms with Gasteiger partial charge in [0.25, 0.3) is 0 Å². The van der Waals surface area contributed by atoms with Gasteiger partial charge in [-0.05, 0) is 31.0 Å². The van der Waals surface area contributed by atoms with Crippen molar-refractivity contribution in [1.82, 2.24) is 5.32 Å². The summed E-state index contributed by atoms with van der Waals surface area (Å²) in [6.45, 7) is 1.05. The van der Waals surface area contributed by atoms with Gasteiger partial charge in [-0.15, -0.1) is 0 Å². The summed E-state index contributed by atoms with van der Waals surface area (Å²) in [5.74, 6) is 0.443. The molecule has 0 aliphatic carbocycles. The average molecular weight is 336 g/mol. The molecule has 1 unspecified atom stereocenters. The number of halogens is 2. The molecule has 1 heterocycles. The van der Waals surface area contributed by atoms with Gasteiger partial charge in [0, 0.05) is 16.6 Å². The summed E-state index contributed by atoms with van der Waals surface area (Å²) >= 11 is 3.20. The Bertz CT molecular complexity index is 533. The van der Waals surface area contributed by atoms with Crippen LogP contribution in [0, 0.1) is 11.7 Å². The van der Waals surface area contributed by atoms with Crippen molar-refractivity contribution in [3.8, 4) is 0 Å². The van der Waals surface area contributed by atoms with Crippen molar-refractivity contribution in [2.24, 2.45) is 5.92 Å². The van der Waals surface area contributed by atoms with Crippen LogP contribution in [-0.4, -0.2) is 26.5 Å². The van der Waals surface area contributed by atoms with Gasteiger partial charge in [-0.1, -0.05) is 22.0 Å². The third kappa shape index (κ3) is 3.76. The van der Waals surface area contributed by atoms with E-state index >= 15 is 0 Å². The van der Waals surface area contributed by atoms with Crippen LogP contribution in [0.3, 0.4) is 0 Å².